The fraction of sp³-hybridized carbons (Fsp3) is 0.519. The average molecular weight is 549 g/mol. The van der Waals surface area contributed by atoms with Crippen molar-refractivity contribution >= 4 is 39.4 Å². The highest BCUT2D eigenvalue weighted by Gasteiger charge is 2.15. The molecule has 188 valence electrons. The second-order valence-electron chi connectivity index (χ2n) is 8.30. The average Bonchev–Trinajstić information content (AvgIpc) is 2.88. The topological polar surface area (TPSA) is 51.7 Å². The third-order valence-electron chi connectivity index (χ3n) is 6.05. The lowest BCUT2D eigenvalue weighted by Gasteiger charge is -2.25. The number of anilines is 1. The van der Waals surface area contributed by atoms with Gasteiger partial charge in [-0.05, 0) is 98.3 Å². The van der Waals surface area contributed by atoms with E-state index in [0.717, 1.165) is 41.5 Å². The molecule has 3 rings (SSSR count). The van der Waals surface area contributed by atoms with Crippen LogP contribution in [0.3, 0.4) is 0 Å². The van der Waals surface area contributed by atoms with E-state index in [4.69, 9.17) is 4.99 Å². The first-order chi connectivity index (χ1) is 16.6. The second kappa shape index (κ2) is 17.0. The van der Waals surface area contributed by atoms with Gasteiger partial charge < -0.3 is 10.2 Å². The fourth-order valence-electron chi connectivity index (χ4n) is 4.20. The van der Waals surface area contributed by atoms with Crippen molar-refractivity contribution < 1.29 is 0 Å². The molecule has 0 atom stereocenters. The molecule has 1 saturated carbocycles. The summed E-state index contributed by atoms with van der Waals surface area (Å²) in [7, 11) is 3.88. The quantitative estimate of drug-likeness (QED) is 0.135. The first-order valence-electron chi connectivity index (χ1n) is 12.5. The molecule has 2 aromatic rings. The lowest BCUT2D eigenvalue weighted by molar-refractivity contribution is 0.344. The number of halogens is 1. The van der Waals surface area contributed by atoms with E-state index in [2.05, 4.69) is 80.4 Å². The number of para-hydroxylation sites is 1. The molecule has 0 amide bonds. The van der Waals surface area contributed by atoms with E-state index in [-0.39, 0.29) is 0 Å². The van der Waals surface area contributed by atoms with Crippen molar-refractivity contribution in [3.63, 3.8) is 0 Å². The van der Waals surface area contributed by atoms with E-state index in [1.165, 1.54) is 42.6 Å². The third-order valence-corrected chi connectivity index (χ3v) is 7.78. The van der Waals surface area contributed by atoms with Crippen molar-refractivity contribution in [1.82, 2.24) is 14.9 Å². The van der Waals surface area contributed by atoms with Crippen LogP contribution in [0.2, 0.25) is 0 Å². The predicted molar refractivity (Wildman–Crippen MR) is 154 cm³/mol. The van der Waals surface area contributed by atoms with Crippen molar-refractivity contribution in [1.29, 1.82) is 0 Å². The zero-order chi connectivity index (χ0) is 24.6. The van der Waals surface area contributed by atoms with Crippen LogP contribution in [0.4, 0.5) is 5.69 Å². The molecule has 3 N–H and O–H groups in total. The summed E-state index contributed by atoms with van der Waals surface area (Å²) < 4.78 is 4.15. The van der Waals surface area contributed by atoms with Gasteiger partial charge in [-0.2, -0.15) is 0 Å². The number of rotatable bonds is 10. The van der Waals surface area contributed by atoms with Gasteiger partial charge in [-0.3, -0.25) is 15.0 Å². The van der Waals surface area contributed by atoms with Crippen molar-refractivity contribution in [2.24, 2.45) is 10.9 Å². The Labute approximate surface area is 219 Å². The van der Waals surface area contributed by atoms with E-state index in [1.54, 1.807) is 11.9 Å². The van der Waals surface area contributed by atoms with Crippen LogP contribution in [0, 0.1) is 5.92 Å². The summed E-state index contributed by atoms with van der Waals surface area (Å²) in [6.07, 6.45) is 6.97. The Morgan fingerprint density at radius 3 is 2.32 bits per heavy atom. The maximum atomic E-state index is 4.92. The number of hydrogen-bond acceptors (Lipinski definition) is 5. The smallest absolute Gasteiger partial charge is 0.134 e. The van der Waals surface area contributed by atoms with Crippen molar-refractivity contribution in [3.8, 4) is 0 Å². The molecule has 1 aliphatic carbocycles. The van der Waals surface area contributed by atoms with Gasteiger partial charge in [0.15, 0.2) is 0 Å². The lowest BCUT2D eigenvalue weighted by Crippen LogP contribution is -2.33. The number of amidine groups is 1. The van der Waals surface area contributed by atoms with Crippen LogP contribution in [0.1, 0.15) is 51.5 Å². The van der Waals surface area contributed by atoms with E-state index in [9.17, 15) is 0 Å². The lowest BCUT2D eigenvalue weighted by atomic mass is 9.89. The number of nitrogens with one attached hydrogen (secondary N) is 3. The SMILES string of the molecule is CCN(CC)/C(=N/CNCC1CCCCC1)c1ccccc1NC.CNSc1ccccc1Br. The van der Waals surface area contributed by atoms with Crippen LogP contribution >= 0.6 is 27.9 Å². The van der Waals surface area contributed by atoms with Crippen LogP contribution in [0.5, 0.6) is 0 Å². The Hall–Kier alpha value is -1.54. The molecule has 1 aliphatic rings. The van der Waals surface area contributed by atoms with Gasteiger partial charge in [-0.25, -0.2) is 0 Å². The van der Waals surface area contributed by atoms with Crippen LogP contribution in [0.15, 0.2) is 62.9 Å². The molecule has 0 radical (unpaired) electrons. The Morgan fingerprint density at radius 1 is 1.00 bits per heavy atom. The molecule has 34 heavy (non-hydrogen) atoms. The Morgan fingerprint density at radius 2 is 1.68 bits per heavy atom. The van der Waals surface area contributed by atoms with Crippen molar-refractivity contribution in [2.75, 3.05) is 45.7 Å². The molecule has 0 aromatic heterocycles. The standard InChI is InChI=1S/C20H34N4.C7H8BrNS/c1-4-24(5-2)20(18-13-9-10-14-19(18)21-3)23-16-22-15-17-11-7-6-8-12-17;1-9-10-7-5-3-2-4-6(7)8/h9-10,13-14,17,21-22H,4-8,11-12,15-16H2,1-3H3;2-5,9H,1H3/b23-20+;. The molecule has 7 heteroatoms. The maximum absolute atomic E-state index is 4.92. The van der Waals surface area contributed by atoms with Gasteiger partial charge >= 0.3 is 0 Å². The molecule has 2 aromatic carbocycles. The minimum Gasteiger partial charge on any atom is -0.388 e. The number of hydrogen-bond donors (Lipinski definition) is 3. The Kier molecular flexibility index (Phi) is 14.3. The van der Waals surface area contributed by atoms with E-state index >= 15 is 0 Å². The maximum Gasteiger partial charge on any atom is 0.134 e. The minimum absolute atomic E-state index is 0.695. The molecule has 0 bridgehead atoms. The first-order valence-corrected chi connectivity index (χ1v) is 14.1. The van der Waals surface area contributed by atoms with Crippen molar-refractivity contribution in [2.45, 2.75) is 50.8 Å². The highest BCUT2D eigenvalue weighted by Crippen LogP contribution is 2.24. The monoisotopic (exact) mass is 547 g/mol. The van der Waals surface area contributed by atoms with E-state index in [0.29, 0.717) is 6.67 Å². The number of aliphatic imine (C=N–C) groups is 1. The molecular formula is C27H42BrN5S. The number of benzene rings is 2. The molecule has 0 spiro atoms. The second-order valence-corrected chi connectivity index (χ2v) is 10.2. The van der Waals surface area contributed by atoms with Crippen molar-refractivity contribution in [3.05, 3.63) is 58.6 Å². The summed E-state index contributed by atoms with van der Waals surface area (Å²) in [6.45, 7) is 8.11. The highest BCUT2D eigenvalue weighted by molar-refractivity contribution is 9.10. The van der Waals surface area contributed by atoms with Gasteiger partial charge in [0.2, 0.25) is 0 Å². The Balaban J connectivity index is 0.000000340. The van der Waals surface area contributed by atoms with Gasteiger partial charge in [0, 0.05) is 40.8 Å². The minimum atomic E-state index is 0.695. The molecule has 5 nitrogen and oxygen atoms in total. The van der Waals surface area contributed by atoms with Crippen LogP contribution in [-0.2, 0) is 0 Å². The highest BCUT2D eigenvalue weighted by atomic mass is 79.9. The predicted octanol–water partition coefficient (Wildman–Crippen LogP) is 6.62. The van der Waals surface area contributed by atoms with E-state index in [1.807, 2.05) is 32.3 Å². The molecule has 0 saturated heterocycles. The van der Waals surface area contributed by atoms with Gasteiger partial charge in [0.05, 0.1) is 6.67 Å². The largest absolute Gasteiger partial charge is 0.388 e. The Bertz CT molecular complexity index is 850. The molecule has 0 heterocycles. The summed E-state index contributed by atoms with van der Waals surface area (Å²) in [4.78, 5) is 8.47. The van der Waals surface area contributed by atoms with Crippen LogP contribution < -0.4 is 15.4 Å². The van der Waals surface area contributed by atoms with Gasteiger partial charge in [0.1, 0.15) is 5.84 Å². The summed E-state index contributed by atoms with van der Waals surface area (Å²) in [5.41, 5.74) is 2.32. The summed E-state index contributed by atoms with van der Waals surface area (Å²) in [5, 5.41) is 6.85. The summed E-state index contributed by atoms with van der Waals surface area (Å²) >= 11 is 5.04. The third kappa shape index (κ3) is 9.61. The number of nitrogens with zero attached hydrogens (tertiary/aromatic N) is 2. The van der Waals surface area contributed by atoms with Crippen LogP contribution in [-0.4, -0.2) is 51.1 Å². The first kappa shape index (κ1) is 28.7. The zero-order valence-electron chi connectivity index (χ0n) is 21.2. The zero-order valence-corrected chi connectivity index (χ0v) is 23.6. The van der Waals surface area contributed by atoms with Crippen LogP contribution in [0.25, 0.3) is 0 Å². The summed E-state index contributed by atoms with van der Waals surface area (Å²) in [5.74, 6) is 1.93. The van der Waals surface area contributed by atoms with Gasteiger partial charge in [-0.15, -0.1) is 0 Å². The van der Waals surface area contributed by atoms with E-state index < -0.39 is 0 Å². The summed E-state index contributed by atoms with van der Waals surface area (Å²) in [6, 6.07) is 16.5. The molecule has 0 unspecified atom stereocenters. The molecule has 1 fully saturated rings. The van der Waals surface area contributed by atoms with Gasteiger partial charge in [-0.1, -0.05) is 43.5 Å². The normalized spacial score (nSPS) is 14.3. The molecular weight excluding hydrogens is 506 g/mol. The molecule has 0 aliphatic heterocycles. The fourth-order valence-corrected chi connectivity index (χ4v) is 5.26. The van der Waals surface area contributed by atoms with Gasteiger partial charge in [0.25, 0.3) is 0 Å².